The number of H-pyrrole nitrogens is 1. The largest absolute Gasteiger partial charge is 0.495 e. The van der Waals surface area contributed by atoms with Crippen molar-refractivity contribution in [3.8, 4) is 5.75 Å². The number of piperazine rings is 1. The summed E-state index contributed by atoms with van der Waals surface area (Å²) >= 11 is 0. The summed E-state index contributed by atoms with van der Waals surface area (Å²) in [6.45, 7) is 5.91. The minimum absolute atomic E-state index is 0.00197. The van der Waals surface area contributed by atoms with Crippen LogP contribution in [0.1, 0.15) is 23.2 Å². The Morgan fingerprint density at radius 1 is 1.03 bits per heavy atom. The molecule has 0 spiro atoms. The van der Waals surface area contributed by atoms with Crippen LogP contribution < -0.4 is 15.0 Å². The Morgan fingerprint density at radius 3 is 2.63 bits per heavy atom. The molecule has 1 aliphatic rings. The number of methoxy groups -OCH3 is 1. The summed E-state index contributed by atoms with van der Waals surface area (Å²) < 4.78 is 5.50. The molecule has 1 aliphatic heterocycles. The minimum Gasteiger partial charge on any atom is -0.495 e. The molecule has 6 heteroatoms. The van der Waals surface area contributed by atoms with Crippen LogP contribution in [0.2, 0.25) is 0 Å². The van der Waals surface area contributed by atoms with Crippen LogP contribution in [-0.4, -0.2) is 62.2 Å². The third-order valence-corrected chi connectivity index (χ3v) is 5.82. The molecular formula is C24H30N4O2. The number of amides is 1. The molecule has 0 aliphatic carbocycles. The predicted octanol–water partition coefficient (Wildman–Crippen LogP) is 3.51. The summed E-state index contributed by atoms with van der Waals surface area (Å²) in [4.78, 5) is 20.5. The van der Waals surface area contributed by atoms with Crippen LogP contribution in [0.5, 0.6) is 5.75 Å². The number of carbonyl (C=O) groups is 1. The Labute approximate surface area is 177 Å². The fraction of sp³-hybridized carbons (Fsp3) is 0.375. The number of anilines is 1. The topological polar surface area (TPSA) is 60.6 Å². The van der Waals surface area contributed by atoms with Crippen molar-refractivity contribution in [2.45, 2.75) is 12.8 Å². The van der Waals surface area contributed by atoms with Crippen molar-refractivity contribution < 1.29 is 9.53 Å². The van der Waals surface area contributed by atoms with Gasteiger partial charge in [-0.05, 0) is 37.6 Å². The molecular weight excluding hydrogens is 376 g/mol. The van der Waals surface area contributed by atoms with Crippen LogP contribution in [-0.2, 0) is 0 Å². The van der Waals surface area contributed by atoms with E-state index in [0.29, 0.717) is 6.54 Å². The highest BCUT2D eigenvalue weighted by atomic mass is 16.5. The lowest BCUT2D eigenvalue weighted by Crippen LogP contribution is -2.46. The summed E-state index contributed by atoms with van der Waals surface area (Å²) in [7, 11) is 1.73. The van der Waals surface area contributed by atoms with Crippen molar-refractivity contribution >= 4 is 22.5 Å². The molecule has 1 saturated heterocycles. The van der Waals surface area contributed by atoms with Gasteiger partial charge in [-0.1, -0.05) is 30.3 Å². The molecule has 2 N–H and O–H groups in total. The average molecular weight is 407 g/mol. The van der Waals surface area contributed by atoms with Crippen molar-refractivity contribution in [1.82, 2.24) is 15.2 Å². The lowest BCUT2D eigenvalue weighted by Gasteiger charge is -2.36. The number of unbranched alkanes of at least 4 members (excludes halogenated alkanes) is 1. The van der Waals surface area contributed by atoms with Crippen molar-refractivity contribution in [2.24, 2.45) is 0 Å². The molecule has 4 rings (SSSR count). The van der Waals surface area contributed by atoms with E-state index in [9.17, 15) is 4.79 Å². The fourth-order valence-corrected chi connectivity index (χ4v) is 4.12. The number of rotatable bonds is 8. The van der Waals surface area contributed by atoms with Gasteiger partial charge in [-0.3, -0.25) is 9.69 Å². The first-order valence-corrected chi connectivity index (χ1v) is 10.7. The summed E-state index contributed by atoms with van der Waals surface area (Å²) in [6.07, 6.45) is 3.87. The number of fused-ring (bicyclic) bond motifs is 1. The maximum Gasteiger partial charge on any atom is 0.253 e. The van der Waals surface area contributed by atoms with Crippen LogP contribution in [0.25, 0.3) is 10.9 Å². The van der Waals surface area contributed by atoms with Crippen molar-refractivity contribution in [3.05, 3.63) is 60.3 Å². The van der Waals surface area contributed by atoms with Gasteiger partial charge in [-0.25, -0.2) is 0 Å². The number of hydrogen-bond acceptors (Lipinski definition) is 4. The molecule has 0 radical (unpaired) electrons. The summed E-state index contributed by atoms with van der Waals surface area (Å²) in [6, 6.07) is 16.1. The SMILES string of the molecule is COc1ccccc1N1CCN(CCCCNC(=O)c2c[nH]c3ccccc23)CC1. The van der Waals surface area contributed by atoms with E-state index in [-0.39, 0.29) is 5.91 Å². The Balaban J connectivity index is 1.16. The van der Waals surface area contributed by atoms with Gasteiger partial charge in [0.05, 0.1) is 18.4 Å². The van der Waals surface area contributed by atoms with Gasteiger partial charge in [0, 0.05) is 49.8 Å². The van der Waals surface area contributed by atoms with Gasteiger partial charge >= 0.3 is 0 Å². The van der Waals surface area contributed by atoms with Gasteiger partial charge in [-0.15, -0.1) is 0 Å². The van der Waals surface area contributed by atoms with E-state index in [1.807, 2.05) is 36.4 Å². The molecule has 1 amide bonds. The molecule has 0 saturated carbocycles. The molecule has 3 aromatic rings. The van der Waals surface area contributed by atoms with Crippen molar-refractivity contribution in [1.29, 1.82) is 0 Å². The van der Waals surface area contributed by atoms with Gasteiger partial charge in [0.2, 0.25) is 0 Å². The summed E-state index contributed by atoms with van der Waals surface area (Å²) in [5.74, 6) is 0.940. The van der Waals surface area contributed by atoms with E-state index >= 15 is 0 Å². The Bertz CT molecular complexity index is 976. The molecule has 6 nitrogen and oxygen atoms in total. The molecule has 2 heterocycles. The van der Waals surface area contributed by atoms with Crippen LogP contribution in [0, 0.1) is 0 Å². The van der Waals surface area contributed by atoms with Gasteiger partial charge in [-0.2, -0.15) is 0 Å². The van der Waals surface area contributed by atoms with E-state index in [1.165, 1.54) is 5.69 Å². The quantitative estimate of drug-likeness (QED) is 0.562. The molecule has 30 heavy (non-hydrogen) atoms. The van der Waals surface area contributed by atoms with Gasteiger partial charge in [0.15, 0.2) is 0 Å². The van der Waals surface area contributed by atoms with E-state index in [4.69, 9.17) is 4.74 Å². The number of nitrogens with zero attached hydrogens (tertiary/aromatic N) is 2. The number of ether oxygens (including phenoxy) is 1. The van der Waals surface area contributed by atoms with Crippen LogP contribution in [0.4, 0.5) is 5.69 Å². The van der Waals surface area contributed by atoms with E-state index < -0.39 is 0 Å². The van der Waals surface area contributed by atoms with Gasteiger partial charge in [0.1, 0.15) is 5.75 Å². The highest BCUT2D eigenvalue weighted by molar-refractivity contribution is 6.06. The van der Waals surface area contributed by atoms with Crippen LogP contribution in [0.15, 0.2) is 54.7 Å². The average Bonchev–Trinajstić information content (AvgIpc) is 3.23. The maximum atomic E-state index is 12.5. The predicted molar refractivity (Wildman–Crippen MR) is 122 cm³/mol. The second kappa shape index (κ2) is 9.67. The van der Waals surface area contributed by atoms with Crippen molar-refractivity contribution in [2.75, 3.05) is 51.3 Å². The molecule has 0 bridgehead atoms. The minimum atomic E-state index is -0.00197. The molecule has 1 aromatic heterocycles. The second-order valence-electron chi connectivity index (χ2n) is 7.71. The van der Waals surface area contributed by atoms with Gasteiger partial charge < -0.3 is 19.9 Å². The zero-order valence-electron chi connectivity index (χ0n) is 17.6. The third-order valence-electron chi connectivity index (χ3n) is 5.82. The first-order chi connectivity index (χ1) is 14.8. The normalized spacial score (nSPS) is 14.8. The highest BCUT2D eigenvalue weighted by Crippen LogP contribution is 2.28. The van der Waals surface area contributed by atoms with Gasteiger partial charge in [0.25, 0.3) is 5.91 Å². The molecule has 158 valence electrons. The molecule has 0 unspecified atom stereocenters. The standard InChI is InChI=1S/C24H30N4O2/c1-30-23-11-5-4-10-22(23)28-16-14-27(15-17-28)13-7-6-12-25-24(29)20-18-26-21-9-3-2-8-19(20)21/h2-5,8-11,18,26H,6-7,12-17H2,1H3,(H,25,29). The zero-order valence-corrected chi connectivity index (χ0v) is 17.6. The smallest absolute Gasteiger partial charge is 0.253 e. The lowest BCUT2D eigenvalue weighted by atomic mass is 10.1. The summed E-state index contributed by atoms with van der Waals surface area (Å²) in [5.41, 5.74) is 2.90. The number of carbonyl (C=O) groups excluding carboxylic acids is 1. The maximum absolute atomic E-state index is 12.5. The monoisotopic (exact) mass is 406 g/mol. The lowest BCUT2D eigenvalue weighted by molar-refractivity contribution is 0.0954. The second-order valence-corrected chi connectivity index (χ2v) is 7.71. The van der Waals surface area contributed by atoms with E-state index in [1.54, 1.807) is 13.3 Å². The fourth-order valence-electron chi connectivity index (χ4n) is 4.12. The van der Waals surface area contributed by atoms with Crippen LogP contribution in [0.3, 0.4) is 0 Å². The Kier molecular flexibility index (Phi) is 6.54. The zero-order chi connectivity index (χ0) is 20.8. The number of benzene rings is 2. The Morgan fingerprint density at radius 2 is 1.80 bits per heavy atom. The highest BCUT2D eigenvalue weighted by Gasteiger charge is 2.19. The number of para-hydroxylation sites is 3. The molecule has 2 aromatic carbocycles. The summed E-state index contributed by atoms with van der Waals surface area (Å²) in [5, 5.41) is 4.03. The molecule has 0 atom stereocenters. The number of aromatic nitrogens is 1. The van der Waals surface area contributed by atoms with E-state index in [0.717, 1.165) is 67.8 Å². The Hall–Kier alpha value is -2.99. The molecule has 1 fully saturated rings. The third kappa shape index (κ3) is 4.60. The number of aromatic amines is 1. The first kappa shape index (κ1) is 20.3. The van der Waals surface area contributed by atoms with Crippen LogP contribution >= 0.6 is 0 Å². The first-order valence-electron chi connectivity index (χ1n) is 10.7. The van der Waals surface area contributed by atoms with E-state index in [2.05, 4.69) is 32.2 Å². The van der Waals surface area contributed by atoms with Crippen molar-refractivity contribution in [3.63, 3.8) is 0 Å². The number of hydrogen-bond donors (Lipinski definition) is 2. The number of nitrogens with one attached hydrogen (secondary N) is 2.